The zero-order valence-electron chi connectivity index (χ0n) is 10.6. The third-order valence-electron chi connectivity index (χ3n) is 1.02. The molecule has 1 nitrogen and oxygen atoms in total. The van der Waals surface area contributed by atoms with Gasteiger partial charge in [-0.25, -0.2) is 0 Å². The van der Waals surface area contributed by atoms with Crippen molar-refractivity contribution < 1.29 is 4.74 Å². The summed E-state index contributed by atoms with van der Waals surface area (Å²) in [6.07, 6.45) is 7.28. The molecule has 0 atom stereocenters. The molecule has 0 aliphatic heterocycles. The smallest absolute Gasteiger partial charge is 0.0845 e. The molecule has 0 aliphatic carbocycles. The number of allylic oxidation sites excluding steroid dienone is 4. The average molecular weight is 198 g/mol. The van der Waals surface area contributed by atoms with Gasteiger partial charge in [-0.1, -0.05) is 52.0 Å². The van der Waals surface area contributed by atoms with Gasteiger partial charge in [0, 0.05) is 0 Å². The summed E-state index contributed by atoms with van der Waals surface area (Å²) in [6, 6.07) is 0. The zero-order chi connectivity index (χ0) is 11.8. The Morgan fingerprint density at radius 3 is 2.07 bits per heavy atom. The van der Waals surface area contributed by atoms with E-state index in [2.05, 4.69) is 6.58 Å². The van der Waals surface area contributed by atoms with Gasteiger partial charge in [0.05, 0.1) is 12.9 Å². The maximum Gasteiger partial charge on any atom is 0.0845 e. The Labute approximate surface area is 90.2 Å². The van der Waals surface area contributed by atoms with Gasteiger partial charge in [0.25, 0.3) is 0 Å². The van der Waals surface area contributed by atoms with E-state index in [1.165, 1.54) is 0 Å². The Morgan fingerprint density at radius 2 is 1.71 bits per heavy atom. The predicted octanol–water partition coefficient (Wildman–Crippen LogP) is 4.72. The van der Waals surface area contributed by atoms with Crippen LogP contribution in [0, 0.1) is 0 Å². The average Bonchev–Trinajstić information content (AvgIpc) is 2.29. The number of hydrogen-bond acceptors (Lipinski definition) is 1. The molecule has 84 valence electrons. The maximum absolute atomic E-state index is 4.97. The SMILES string of the molecule is C=C/C(C)=C\C=C\OCC.CC.CC. The van der Waals surface area contributed by atoms with Crippen LogP contribution in [0.2, 0.25) is 0 Å². The Kier molecular flexibility index (Phi) is 30.4. The highest BCUT2D eigenvalue weighted by Crippen LogP contribution is 1.92. The van der Waals surface area contributed by atoms with Gasteiger partial charge in [-0.05, 0) is 19.9 Å². The third-order valence-corrected chi connectivity index (χ3v) is 1.02. The highest BCUT2D eigenvalue weighted by Gasteiger charge is 1.73. The molecule has 0 N–H and O–H groups in total. The van der Waals surface area contributed by atoms with Gasteiger partial charge in [0.1, 0.15) is 0 Å². The molecule has 0 bridgehead atoms. The van der Waals surface area contributed by atoms with E-state index >= 15 is 0 Å². The van der Waals surface area contributed by atoms with E-state index in [-0.39, 0.29) is 0 Å². The Balaban J connectivity index is -0.000000266. The van der Waals surface area contributed by atoms with Crippen LogP contribution in [0.3, 0.4) is 0 Å². The van der Waals surface area contributed by atoms with Crippen molar-refractivity contribution in [2.24, 2.45) is 0 Å². The molecule has 14 heavy (non-hydrogen) atoms. The highest BCUT2D eigenvalue weighted by molar-refractivity contribution is 5.18. The summed E-state index contributed by atoms with van der Waals surface area (Å²) in [6.45, 7) is 16.3. The summed E-state index contributed by atoms with van der Waals surface area (Å²) in [5.74, 6) is 0. The fraction of sp³-hybridized carbons (Fsp3) is 0.538. The molecule has 0 rings (SSSR count). The van der Waals surface area contributed by atoms with Crippen molar-refractivity contribution in [2.45, 2.75) is 41.5 Å². The molecule has 1 heteroatoms. The van der Waals surface area contributed by atoms with Crippen molar-refractivity contribution in [1.29, 1.82) is 0 Å². The van der Waals surface area contributed by atoms with Gasteiger partial charge in [-0.15, -0.1) is 0 Å². The van der Waals surface area contributed by atoms with E-state index in [0.29, 0.717) is 0 Å². The van der Waals surface area contributed by atoms with Gasteiger partial charge in [0.15, 0.2) is 0 Å². The van der Waals surface area contributed by atoms with Crippen LogP contribution in [0.15, 0.2) is 36.6 Å². The summed E-state index contributed by atoms with van der Waals surface area (Å²) in [5, 5.41) is 0. The Hall–Kier alpha value is -0.980. The molecule has 0 aromatic carbocycles. The first-order chi connectivity index (χ1) is 6.81. The Morgan fingerprint density at radius 1 is 1.21 bits per heavy atom. The zero-order valence-corrected chi connectivity index (χ0v) is 10.6. The van der Waals surface area contributed by atoms with Gasteiger partial charge in [0.2, 0.25) is 0 Å². The molecule has 0 spiro atoms. The summed E-state index contributed by atoms with van der Waals surface area (Å²) in [5.41, 5.74) is 1.14. The molecule has 0 aromatic heterocycles. The molecule has 0 amide bonds. The van der Waals surface area contributed by atoms with E-state index < -0.39 is 0 Å². The molecule has 0 fully saturated rings. The normalized spacial score (nSPS) is 9.43. The van der Waals surface area contributed by atoms with Crippen LogP contribution in [0.25, 0.3) is 0 Å². The van der Waals surface area contributed by atoms with Crippen LogP contribution in [-0.4, -0.2) is 6.61 Å². The largest absolute Gasteiger partial charge is 0.501 e. The summed E-state index contributed by atoms with van der Waals surface area (Å²) >= 11 is 0. The standard InChI is InChI=1S/C9H14O.2C2H6/c1-4-9(3)7-6-8-10-5-2;2*1-2/h4,6-8H,1,5H2,2-3H3;2*1-2H3/b8-6+,9-7-;;. The lowest BCUT2D eigenvalue weighted by Crippen LogP contribution is -1.75. The molecule has 0 aliphatic rings. The van der Waals surface area contributed by atoms with Crippen molar-refractivity contribution >= 4 is 0 Å². The molecule has 0 radical (unpaired) electrons. The number of rotatable bonds is 4. The predicted molar refractivity (Wildman–Crippen MR) is 67.4 cm³/mol. The number of ether oxygens (including phenoxy) is 1. The second kappa shape index (κ2) is 22.7. The monoisotopic (exact) mass is 198 g/mol. The maximum atomic E-state index is 4.97. The first kappa shape index (κ1) is 18.7. The van der Waals surface area contributed by atoms with Crippen LogP contribution < -0.4 is 0 Å². The van der Waals surface area contributed by atoms with Crippen LogP contribution in [0.4, 0.5) is 0 Å². The minimum Gasteiger partial charge on any atom is -0.501 e. The molecule has 0 heterocycles. The second-order valence-electron chi connectivity index (χ2n) is 1.90. The summed E-state index contributed by atoms with van der Waals surface area (Å²) < 4.78 is 4.97. The highest BCUT2D eigenvalue weighted by atomic mass is 16.5. The van der Waals surface area contributed by atoms with Crippen molar-refractivity contribution in [3.8, 4) is 0 Å². The van der Waals surface area contributed by atoms with Gasteiger partial charge < -0.3 is 4.74 Å². The molecule has 0 aromatic rings. The molecule has 0 unspecified atom stereocenters. The summed E-state index contributed by atoms with van der Waals surface area (Å²) in [7, 11) is 0. The van der Waals surface area contributed by atoms with Crippen molar-refractivity contribution in [3.63, 3.8) is 0 Å². The van der Waals surface area contributed by atoms with Crippen molar-refractivity contribution in [3.05, 3.63) is 36.6 Å². The van der Waals surface area contributed by atoms with E-state index in [9.17, 15) is 0 Å². The van der Waals surface area contributed by atoms with E-state index in [0.717, 1.165) is 12.2 Å². The van der Waals surface area contributed by atoms with E-state index in [4.69, 9.17) is 4.74 Å². The quantitative estimate of drug-likeness (QED) is 0.469. The van der Waals surface area contributed by atoms with Crippen LogP contribution in [0.1, 0.15) is 41.5 Å². The van der Waals surface area contributed by atoms with Gasteiger partial charge in [-0.3, -0.25) is 0 Å². The van der Waals surface area contributed by atoms with Gasteiger partial charge >= 0.3 is 0 Å². The fourth-order valence-corrected chi connectivity index (χ4v) is 0.411. The lowest BCUT2D eigenvalue weighted by molar-refractivity contribution is 0.269. The van der Waals surface area contributed by atoms with Crippen LogP contribution in [-0.2, 0) is 4.74 Å². The minimum atomic E-state index is 0.720. The lowest BCUT2D eigenvalue weighted by atomic mass is 10.3. The first-order valence-electron chi connectivity index (χ1n) is 5.38. The second-order valence-corrected chi connectivity index (χ2v) is 1.90. The van der Waals surface area contributed by atoms with E-state index in [1.807, 2.05) is 53.7 Å². The lowest BCUT2D eigenvalue weighted by Gasteiger charge is -1.89. The fourth-order valence-electron chi connectivity index (χ4n) is 0.411. The molecular weight excluding hydrogens is 172 g/mol. The van der Waals surface area contributed by atoms with Crippen molar-refractivity contribution in [1.82, 2.24) is 0 Å². The first-order valence-corrected chi connectivity index (χ1v) is 5.38. The minimum absolute atomic E-state index is 0.720. The third kappa shape index (κ3) is 22.5. The van der Waals surface area contributed by atoms with Crippen LogP contribution >= 0.6 is 0 Å². The van der Waals surface area contributed by atoms with Crippen LogP contribution in [0.5, 0.6) is 0 Å². The van der Waals surface area contributed by atoms with Crippen molar-refractivity contribution in [2.75, 3.05) is 6.61 Å². The Bertz CT molecular complexity index is 143. The summed E-state index contributed by atoms with van der Waals surface area (Å²) in [4.78, 5) is 0. The molecule has 0 saturated carbocycles. The van der Waals surface area contributed by atoms with Gasteiger partial charge in [-0.2, -0.15) is 0 Å². The number of hydrogen-bond donors (Lipinski definition) is 0. The molecular formula is C13H26O. The molecule has 0 saturated heterocycles. The topological polar surface area (TPSA) is 9.23 Å². The van der Waals surface area contributed by atoms with E-state index in [1.54, 1.807) is 12.3 Å².